The molecule has 2 amide bonds. The molecule has 2 N–H and O–H groups in total. The Bertz CT molecular complexity index is 1240. The van der Waals surface area contributed by atoms with Gasteiger partial charge in [0, 0.05) is 60.2 Å². The Morgan fingerprint density at radius 2 is 1.76 bits per heavy atom. The van der Waals surface area contributed by atoms with E-state index in [0.29, 0.717) is 24.2 Å². The molecule has 2 aromatic carbocycles. The minimum absolute atomic E-state index is 0.00694. The maximum atomic E-state index is 12.9. The van der Waals surface area contributed by atoms with Gasteiger partial charge in [-0.3, -0.25) is 9.59 Å². The van der Waals surface area contributed by atoms with Gasteiger partial charge >= 0.3 is 5.97 Å². The summed E-state index contributed by atoms with van der Waals surface area (Å²) in [6.45, 7) is 7.76. The van der Waals surface area contributed by atoms with E-state index >= 15 is 0 Å². The highest BCUT2D eigenvalue weighted by molar-refractivity contribution is 5.96. The molecule has 7 nitrogen and oxygen atoms in total. The van der Waals surface area contributed by atoms with Crippen molar-refractivity contribution in [2.24, 2.45) is 0 Å². The number of aromatic nitrogens is 1. The van der Waals surface area contributed by atoms with Crippen molar-refractivity contribution in [3.63, 3.8) is 0 Å². The van der Waals surface area contributed by atoms with Crippen LogP contribution in [0.3, 0.4) is 0 Å². The van der Waals surface area contributed by atoms with Crippen LogP contribution in [-0.2, 0) is 27.9 Å². The van der Waals surface area contributed by atoms with Crippen LogP contribution < -0.4 is 5.32 Å². The number of nitrogens with zero attached hydrogens (tertiary/aromatic N) is 1. The predicted octanol–water partition coefficient (Wildman–Crippen LogP) is 3.96. The van der Waals surface area contributed by atoms with E-state index in [-0.39, 0.29) is 36.2 Å². The van der Waals surface area contributed by atoms with Crippen LogP contribution in [0.1, 0.15) is 64.7 Å². The highest BCUT2D eigenvalue weighted by Gasteiger charge is 2.24. The number of benzene rings is 2. The number of hydrogen-bond acceptors (Lipinski definition) is 4. The standard InChI is InChI=1S/C27H31N3O4/c1-27(2,3)19-8-5-17(6-9-19)25(32)28-13-11-24(31)30-14-12-23-21(16-30)20-15-18(26(33)34-4)7-10-22(20)29-23/h5-10,15,29H,11-14,16H2,1-4H3,(H,28,32). The third kappa shape index (κ3) is 4.83. The molecule has 3 aromatic rings. The van der Waals surface area contributed by atoms with Gasteiger partial charge in [0.25, 0.3) is 5.91 Å². The summed E-state index contributed by atoms with van der Waals surface area (Å²) in [6.07, 6.45) is 0.951. The van der Waals surface area contributed by atoms with Gasteiger partial charge in [-0.25, -0.2) is 4.79 Å². The summed E-state index contributed by atoms with van der Waals surface area (Å²) in [7, 11) is 1.36. The van der Waals surface area contributed by atoms with Gasteiger partial charge in [0.05, 0.1) is 12.7 Å². The van der Waals surface area contributed by atoms with Gasteiger partial charge in [-0.15, -0.1) is 0 Å². The molecule has 2 heterocycles. The lowest BCUT2D eigenvalue weighted by Gasteiger charge is -2.27. The zero-order valence-electron chi connectivity index (χ0n) is 20.2. The van der Waals surface area contributed by atoms with E-state index in [1.807, 2.05) is 41.3 Å². The molecule has 0 unspecified atom stereocenters. The Kier molecular flexibility index (Phi) is 6.46. The third-order valence-electron chi connectivity index (χ3n) is 6.39. The monoisotopic (exact) mass is 461 g/mol. The molecule has 4 rings (SSSR count). The number of carbonyl (C=O) groups excluding carboxylic acids is 3. The van der Waals surface area contributed by atoms with Crippen LogP contribution in [0.5, 0.6) is 0 Å². The van der Waals surface area contributed by atoms with Crippen LogP contribution in [0.4, 0.5) is 0 Å². The maximum Gasteiger partial charge on any atom is 0.337 e. The number of nitrogens with one attached hydrogen (secondary N) is 2. The molecule has 0 radical (unpaired) electrons. The van der Waals surface area contributed by atoms with Crippen LogP contribution in [0.15, 0.2) is 42.5 Å². The van der Waals surface area contributed by atoms with E-state index in [4.69, 9.17) is 4.74 Å². The normalized spacial score (nSPS) is 13.5. The fraction of sp³-hybridized carbons (Fsp3) is 0.370. The summed E-state index contributed by atoms with van der Waals surface area (Å²) in [5.41, 5.74) is 5.33. The Morgan fingerprint density at radius 3 is 2.44 bits per heavy atom. The van der Waals surface area contributed by atoms with Crippen molar-refractivity contribution in [1.29, 1.82) is 0 Å². The molecule has 7 heteroatoms. The minimum atomic E-state index is -0.385. The third-order valence-corrected chi connectivity index (χ3v) is 6.39. The van der Waals surface area contributed by atoms with Gasteiger partial charge in [0.1, 0.15) is 0 Å². The molecule has 34 heavy (non-hydrogen) atoms. The maximum absolute atomic E-state index is 12.9. The summed E-state index contributed by atoms with van der Waals surface area (Å²) in [6, 6.07) is 13.0. The van der Waals surface area contributed by atoms with E-state index in [9.17, 15) is 14.4 Å². The number of esters is 1. The zero-order valence-corrected chi connectivity index (χ0v) is 20.2. The van der Waals surface area contributed by atoms with Gasteiger partial charge in [0.15, 0.2) is 0 Å². The van der Waals surface area contributed by atoms with E-state index in [1.54, 1.807) is 6.07 Å². The van der Waals surface area contributed by atoms with Crippen molar-refractivity contribution < 1.29 is 19.1 Å². The first-order chi connectivity index (χ1) is 16.2. The number of H-pyrrole nitrogens is 1. The van der Waals surface area contributed by atoms with Crippen molar-refractivity contribution in [3.05, 3.63) is 70.4 Å². The molecule has 1 aliphatic rings. The summed E-state index contributed by atoms with van der Waals surface area (Å²) >= 11 is 0. The second kappa shape index (κ2) is 9.33. The van der Waals surface area contributed by atoms with Crippen LogP contribution >= 0.6 is 0 Å². The number of carbonyl (C=O) groups is 3. The molecule has 1 aromatic heterocycles. The molecule has 0 spiro atoms. The Balaban J connectivity index is 1.36. The number of amides is 2. The molecule has 0 bridgehead atoms. The quantitative estimate of drug-likeness (QED) is 0.563. The van der Waals surface area contributed by atoms with Crippen molar-refractivity contribution in [1.82, 2.24) is 15.2 Å². The zero-order chi connectivity index (χ0) is 24.5. The SMILES string of the molecule is COC(=O)c1ccc2[nH]c3c(c2c1)CN(C(=O)CCNC(=O)c1ccc(C(C)(C)C)cc1)CC3. The van der Waals surface area contributed by atoms with Gasteiger partial charge in [-0.1, -0.05) is 32.9 Å². The van der Waals surface area contributed by atoms with E-state index in [0.717, 1.165) is 28.6 Å². The Morgan fingerprint density at radius 1 is 1.06 bits per heavy atom. The van der Waals surface area contributed by atoms with Crippen LogP contribution in [-0.4, -0.2) is 47.9 Å². The molecule has 0 atom stereocenters. The first kappa shape index (κ1) is 23.5. The molecule has 178 valence electrons. The smallest absolute Gasteiger partial charge is 0.337 e. The average molecular weight is 462 g/mol. The number of hydrogen-bond donors (Lipinski definition) is 2. The number of rotatable bonds is 5. The van der Waals surface area contributed by atoms with Crippen molar-refractivity contribution in [2.75, 3.05) is 20.2 Å². The number of aromatic amines is 1. The lowest BCUT2D eigenvalue weighted by Crippen LogP contribution is -2.37. The Hall–Kier alpha value is -3.61. The highest BCUT2D eigenvalue weighted by Crippen LogP contribution is 2.29. The van der Waals surface area contributed by atoms with Crippen molar-refractivity contribution in [2.45, 2.75) is 45.6 Å². The summed E-state index contributed by atoms with van der Waals surface area (Å²) in [5, 5.41) is 3.79. The topological polar surface area (TPSA) is 91.5 Å². The molecule has 1 aliphatic heterocycles. The van der Waals surface area contributed by atoms with Crippen LogP contribution in [0.25, 0.3) is 10.9 Å². The van der Waals surface area contributed by atoms with Crippen LogP contribution in [0, 0.1) is 0 Å². The minimum Gasteiger partial charge on any atom is -0.465 e. The van der Waals surface area contributed by atoms with E-state index in [1.165, 1.54) is 12.7 Å². The summed E-state index contributed by atoms with van der Waals surface area (Å²) in [5.74, 6) is -0.571. The number of fused-ring (bicyclic) bond motifs is 3. The molecule has 0 fully saturated rings. The molecular formula is C27H31N3O4. The van der Waals surface area contributed by atoms with Crippen molar-refractivity contribution in [3.8, 4) is 0 Å². The van der Waals surface area contributed by atoms with E-state index < -0.39 is 0 Å². The molecule has 0 saturated heterocycles. The molecular weight excluding hydrogens is 430 g/mol. The predicted molar refractivity (Wildman–Crippen MR) is 131 cm³/mol. The fourth-order valence-electron chi connectivity index (χ4n) is 4.34. The van der Waals surface area contributed by atoms with Gasteiger partial charge in [-0.2, -0.15) is 0 Å². The number of methoxy groups -OCH3 is 1. The van der Waals surface area contributed by atoms with Crippen molar-refractivity contribution >= 4 is 28.7 Å². The van der Waals surface area contributed by atoms with E-state index in [2.05, 4.69) is 31.1 Å². The summed E-state index contributed by atoms with van der Waals surface area (Å²) in [4.78, 5) is 42.5. The second-order valence-corrected chi connectivity index (χ2v) is 9.73. The Labute approximate surface area is 199 Å². The number of ether oxygens (including phenoxy) is 1. The first-order valence-corrected chi connectivity index (χ1v) is 11.6. The van der Waals surface area contributed by atoms with Gasteiger partial charge in [-0.05, 0) is 41.3 Å². The second-order valence-electron chi connectivity index (χ2n) is 9.73. The first-order valence-electron chi connectivity index (χ1n) is 11.6. The lowest BCUT2D eigenvalue weighted by atomic mass is 9.87. The molecule has 0 saturated carbocycles. The van der Waals surface area contributed by atoms with Gasteiger partial charge in [0.2, 0.25) is 5.91 Å². The average Bonchev–Trinajstić information content (AvgIpc) is 3.20. The molecule has 0 aliphatic carbocycles. The fourth-order valence-corrected chi connectivity index (χ4v) is 4.34. The highest BCUT2D eigenvalue weighted by atomic mass is 16.5. The van der Waals surface area contributed by atoms with Crippen LogP contribution in [0.2, 0.25) is 0 Å². The van der Waals surface area contributed by atoms with Gasteiger partial charge < -0.3 is 19.9 Å². The summed E-state index contributed by atoms with van der Waals surface area (Å²) < 4.78 is 4.83. The lowest BCUT2D eigenvalue weighted by molar-refractivity contribution is -0.131. The largest absolute Gasteiger partial charge is 0.465 e.